The summed E-state index contributed by atoms with van der Waals surface area (Å²) in [4.78, 5) is 26.3. The van der Waals surface area contributed by atoms with Crippen molar-refractivity contribution in [1.29, 1.82) is 0 Å². The van der Waals surface area contributed by atoms with Crippen LogP contribution in [0.1, 0.15) is 31.0 Å². The third-order valence-corrected chi connectivity index (χ3v) is 7.09. The van der Waals surface area contributed by atoms with E-state index in [1.165, 1.54) is 10.9 Å². The van der Waals surface area contributed by atoms with E-state index in [0.29, 0.717) is 46.7 Å². The lowest BCUT2D eigenvalue weighted by Crippen LogP contribution is -2.46. The molecule has 0 spiro atoms. The van der Waals surface area contributed by atoms with Gasteiger partial charge in [-0.2, -0.15) is 9.78 Å². The summed E-state index contributed by atoms with van der Waals surface area (Å²) < 4.78 is 13.1. The first kappa shape index (κ1) is 28.8. The van der Waals surface area contributed by atoms with E-state index in [9.17, 15) is 9.59 Å². The third-order valence-electron chi connectivity index (χ3n) is 6.52. The number of para-hydroxylation sites is 1. The summed E-state index contributed by atoms with van der Waals surface area (Å²) in [7, 11) is 0. The van der Waals surface area contributed by atoms with Crippen molar-refractivity contribution >= 4 is 34.8 Å². The van der Waals surface area contributed by atoms with Gasteiger partial charge in [0.15, 0.2) is 27.4 Å². The van der Waals surface area contributed by atoms with Crippen molar-refractivity contribution in [3.05, 3.63) is 123 Å². The molecule has 3 N–H and O–H groups in total. The van der Waals surface area contributed by atoms with E-state index in [4.69, 9.17) is 33.3 Å². The molecule has 11 heteroatoms. The molecule has 3 aromatic carbocycles. The van der Waals surface area contributed by atoms with Crippen LogP contribution in [-0.4, -0.2) is 27.4 Å². The summed E-state index contributed by atoms with van der Waals surface area (Å²) in [6.45, 7) is 4.38. The van der Waals surface area contributed by atoms with Gasteiger partial charge in [0.25, 0.3) is 11.5 Å². The second-order valence-corrected chi connectivity index (χ2v) is 10.1. The van der Waals surface area contributed by atoms with Crippen LogP contribution in [0.3, 0.4) is 0 Å². The number of hydrogen-bond donors (Lipinski definition) is 3. The van der Waals surface area contributed by atoms with Crippen LogP contribution >= 0.6 is 23.8 Å². The van der Waals surface area contributed by atoms with Gasteiger partial charge in [-0.25, -0.2) is 0 Å². The smallest absolute Gasteiger partial charge is 0.294 e. The van der Waals surface area contributed by atoms with Crippen LogP contribution in [0.4, 0.5) is 0 Å². The van der Waals surface area contributed by atoms with Gasteiger partial charge >= 0.3 is 0 Å². The van der Waals surface area contributed by atoms with E-state index < -0.39 is 11.6 Å². The van der Waals surface area contributed by atoms with Gasteiger partial charge in [0.2, 0.25) is 0 Å². The Morgan fingerprint density at radius 1 is 1.05 bits per heavy atom. The number of aromatic nitrogens is 2. The number of carbonyl (C=O) groups is 1. The zero-order valence-electron chi connectivity index (χ0n) is 22.9. The summed E-state index contributed by atoms with van der Waals surface area (Å²) >= 11 is 11.8. The molecule has 5 rings (SSSR count). The molecule has 0 bridgehead atoms. The highest BCUT2D eigenvalue weighted by molar-refractivity contribution is 7.80. The summed E-state index contributed by atoms with van der Waals surface area (Å²) in [5, 5.41) is 13.7. The van der Waals surface area contributed by atoms with Gasteiger partial charge in [-0.05, 0) is 61.5 Å². The molecule has 1 aliphatic rings. The van der Waals surface area contributed by atoms with Gasteiger partial charge in [-0.1, -0.05) is 66.2 Å². The number of halogens is 1. The Balaban J connectivity index is 1.43. The number of amides is 1. The average Bonchev–Trinajstić information content (AvgIpc) is 3.00. The summed E-state index contributed by atoms with van der Waals surface area (Å²) in [6.07, 6.45) is 1.38. The molecule has 0 unspecified atom stereocenters. The van der Waals surface area contributed by atoms with E-state index in [1.807, 2.05) is 50.2 Å². The van der Waals surface area contributed by atoms with Crippen LogP contribution in [0.5, 0.6) is 17.2 Å². The SMILES string of the molecule is CCOc1cc([C@@H]2NC(=S)NC(C)=C2C(=O)NCc2ccccc2)ccc1Oc1cnn(-c2ccccc2)c(=O)c1Cl. The molecule has 1 amide bonds. The van der Waals surface area contributed by atoms with Gasteiger partial charge in [-0.15, -0.1) is 0 Å². The number of allylic oxidation sites excluding steroid dienone is 1. The van der Waals surface area contributed by atoms with Gasteiger partial charge in [0.1, 0.15) is 0 Å². The monoisotopic (exact) mass is 601 g/mol. The Labute approximate surface area is 253 Å². The van der Waals surface area contributed by atoms with Crippen molar-refractivity contribution in [2.45, 2.75) is 26.4 Å². The molecule has 0 aliphatic carbocycles. The highest BCUT2D eigenvalue weighted by Crippen LogP contribution is 2.37. The van der Waals surface area contributed by atoms with Crippen molar-refractivity contribution in [2.75, 3.05) is 6.61 Å². The van der Waals surface area contributed by atoms with Crippen LogP contribution in [0.15, 0.2) is 101 Å². The fourth-order valence-corrected chi connectivity index (χ4v) is 4.97. The Morgan fingerprint density at radius 2 is 1.76 bits per heavy atom. The lowest BCUT2D eigenvalue weighted by atomic mass is 9.94. The van der Waals surface area contributed by atoms with E-state index in [0.717, 1.165) is 11.1 Å². The van der Waals surface area contributed by atoms with Crippen LogP contribution < -0.4 is 31.0 Å². The van der Waals surface area contributed by atoms with Crippen molar-refractivity contribution in [3.63, 3.8) is 0 Å². The zero-order valence-corrected chi connectivity index (χ0v) is 24.5. The van der Waals surface area contributed by atoms with Crippen LogP contribution in [0.25, 0.3) is 5.69 Å². The summed E-state index contributed by atoms with van der Waals surface area (Å²) in [6, 6.07) is 23.3. The van der Waals surface area contributed by atoms with E-state index in [-0.39, 0.29) is 16.7 Å². The lowest BCUT2D eigenvalue weighted by molar-refractivity contribution is -0.118. The maximum atomic E-state index is 13.4. The van der Waals surface area contributed by atoms with Crippen molar-refractivity contribution in [2.24, 2.45) is 0 Å². The molecule has 9 nitrogen and oxygen atoms in total. The molecule has 0 saturated heterocycles. The minimum Gasteiger partial charge on any atom is -0.490 e. The number of nitrogens with one attached hydrogen (secondary N) is 3. The molecular weight excluding hydrogens is 574 g/mol. The number of ether oxygens (including phenoxy) is 2. The van der Waals surface area contributed by atoms with Gasteiger partial charge < -0.3 is 25.4 Å². The van der Waals surface area contributed by atoms with E-state index >= 15 is 0 Å². The fourth-order valence-electron chi connectivity index (χ4n) is 4.54. The Morgan fingerprint density at radius 3 is 2.48 bits per heavy atom. The summed E-state index contributed by atoms with van der Waals surface area (Å²) in [5.74, 6) is 0.569. The Hall–Kier alpha value is -4.67. The molecule has 1 aliphatic heterocycles. The van der Waals surface area contributed by atoms with Gasteiger partial charge in [-0.3, -0.25) is 9.59 Å². The highest BCUT2D eigenvalue weighted by Gasteiger charge is 2.30. The van der Waals surface area contributed by atoms with E-state index in [2.05, 4.69) is 21.0 Å². The predicted octanol–water partition coefficient (Wildman–Crippen LogP) is 5.19. The quantitative estimate of drug-likeness (QED) is 0.225. The first-order valence-electron chi connectivity index (χ1n) is 13.2. The molecule has 1 aromatic heterocycles. The Bertz CT molecular complexity index is 1710. The first-order chi connectivity index (χ1) is 20.4. The minimum absolute atomic E-state index is 0.0837. The lowest BCUT2D eigenvalue weighted by Gasteiger charge is -2.30. The largest absolute Gasteiger partial charge is 0.490 e. The van der Waals surface area contributed by atoms with E-state index in [1.54, 1.807) is 42.5 Å². The number of benzene rings is 3. The highest BCUT2D eigenvalue weighted by atomic mass is 35.5. The van der Waals surface area contributed by atoms with Gasteiger partial charge in [0, 0.05) is 12.2 Å². The molecule has 42 heavy (non-hydrogen) atoms. The maximum Gasteiger partial charge on any atom is 0.294 e. The standard InChI is InChI=1S/C31H28ClN5O4S/c1-3-40-24-16-21(28-26(19(2)35-31(42)36-28)29(38)33-17-20-10-6-4-7-11-20)14-15-23(24)41-25-18-34-37(30(39)27(25)32)22-12-8-5-9-13-22/h4-16,18,28H,3,17H2,1-2H3,(H,33,38)(H2,35,36,42)/t28-/m0/s1. The molecule has 2 heterocycles. The fraction of sp³-hybridized carbons (Fsp3) is 0.161. The van der Waals surface area contributed by atoms with Crippen LogP contribution in [0, 0.1) is 0 Å². The maximum absolute atomic E-state index is 13.4. The van der Waals surface area contributed by atoms with Crippen molar-refractivity contribution < 1.29 is 14.3 Å². The average molecular weight is 602 g/mol. The molecule has 0 fully saturated rings. The number of carbonyl (C=O) groups excluding carboxylic acids is 1. The zero-order chi connectivity index (χ0) is 29.6. The first-order valence-corrected chi connectivity index (χ1v) is 14.0. The van der Waals surface area contributed by atoms with Crippen molar-refractivity contribution in [3.8, 4) is 22.9 Å². The van der Waals surface area contributed by atoms with Gasteiger partial charge in [0.05, 0.1) is 30.1 Å². The van der Waals surface area contributed by atoms with Crippen molar-refractivity contribution in [1.82, 2.24) is 25.7 Å². The second kappa shape index (κ2) is 12.9. The number of rotatable bonds is 9. The summed E-state index contributed by atoms with van der Waals surface area (Å²) in [5.41, 5.74) is 2.90. The molecule has 1 atom stereocenters. The third kappa shape index (κ3) is 6.29. The minimum atomic E-state index is -0.553. The second-order valence-electron chi connectivity index (χ2n) is 9.35. The topological polar surface area (TPSA) is 107 Å². The number of hydrogen-bond acceptors (Lipinski definition) is 6. The molecule has 214 valence electrons. The Kier molecular flexibility index (Phi) is 8.85. The number of nitrogens with zero attached hydrogens (tertiary/aromatic N) is 2. The predicted molar refractivity (Wildman–Crippen MR) is 165 cm³/mol. The van der Waals surface area contributed by atoms with Crippen LogP contribution in [0.2, 0.25) is 5.02 Å². The molecule has 0 saturated carbocycles. The molecular formula is C31H28ClN5O4S. The van der Waals surface area contributed by atoms with Crippen LogP contribution in [-0.2, 0) is 11.3 Å². The molecule has 4 aromatic rings. The molecule has 0 radical (unpaired) electrons. The normalized spacial score (nSPS) is 14.5. The number of thiocarbonyl (C=S) groups is 1.